The van der Waals surface area contributed by atoms with Gasteiger partial charge in [-0.25, -0.2) is 0 Å². The second-order valence-electron chi connectivity index (χ2n) is 6.98. The lowest BCUT2D eigenvalue weighted by Gasteiger charge is -2.18. The molecule has 1 aliphatic heterocycles. The molecule has 2 aromatic rings. The fourth-order valence-corrected chi connectivity index (χ4v) is 3.48. The summed E-state index contributed by atoms with van der Waals surface area (Å²) in [6.07, 6.45) is 2.06. The monoisotopic (exact) mass is 383 g/mol. The number of nitro benzene ring substituents is 1. The van der Waals surface area contributed by atoms with E-state index >= 15 is 0 Å². The lowest BCUT2D eigenvalue weighted by atomic mass is 10.1. The van der Waals surface area contributed by atoms with Crippen LogP contribution in [-0.2, 0) is 0 Å². The van der Waals surface area contributed by atoms with Gasteiger partial charge in [-0.2, -0.15) is 0 Å². The molecule has 1 saturated heterocycles. The minimum atomic E-state index is -0.422. The topological polar surface area (TPSA) is 84.7 Å². The lowest BCUT2D eigenvalue weighted by Crippen LogP contribution is -2.28. The van der Waals surface area contributed by atoms with Gasteiger partial charge in [-0.3, -0.25) is 14.9 Å². The van der Waals surface area contributed by atoms with Gasteiger partial charge in [0.15, 0.2) is 0 Å². The predicted molar refractivity (Wildman–Crippen MR) is 108 cm³/mol. The number of amides is 1. The molecule has 0 aromatic heterocycles. The molecule has 1 heterocycles. The summed E-state index contributed by atoms with van der Waals surface area (Å²) in [5.41, 5.74) is 2.92. The third-order valence-corrected chi connectivity index (χ3v) is 4.92. The minimum Gasteiger partial charge on any atom is -0.491 e. The van der Waals surface area contributed by atoms with Crippen molar-refractivity contribution in [2.75, 3.05) is 31.1 Å². The highest BCUT2D eigenvalue weighted by Crippen LogP contribution is 2.31. The summed E-state index contributed by atoms with van der Waals surface area (Å²) in [4.78, 5) is 25.4. The molecular formula is C21H25N3O4. The van der Waals surface area contributed by atoms with Crippen molar-refractivity contribution in [2.45, 2.75) is 26.7 Å². The fraction of sp³-hybridized carbons (Fsp3) is 0.381. The molecule has 148 valence electrons. The van der Waals surface area contributed by atoms with Crippen LogP contribution in [0.1, 0.15) is 34.3 Å². The SMILES string of the molecule is Cc1cccc(C)c1OCCNC(=O)c1ccc(N2CCCC2)c([N+](=O)[O-])c1. The lowest BCUT2D eigenvalue weighted by molar-refractivity contribution is -0.384. The summed E-state index contributed by atoms with van der Waals surface area (Å²) in [6.45, 7) is 6.20. The Kier molecular flexibility index (Phi) is 6.13. The zero-order valence-corrected chi connectivity index (χ0v) is 16.2. The first-order valence-electron chi connectivity index (χ1n) is 9.48. The van der Waals surface area contributed by atoms with E-state index in [0.717, 1.165) is 42.8 Å². The molecule has 28 heavy (non-hydrogen) atoms. The molecule has 1 N–H and O–H groups in total. The van der Waals surface area contributed by atoms with Crippen LogP contribution >= 0.6 is 0 Å². The maximum absolute atomic E-state index is 12.4. The number of ether oxygens (including phenoxy) is 1. The third kappa shape index (κ3) is 4.42. The van der Waals surface area contributed by atoms with Crippen LogP contribution in [0.2, 0.25) is 0 Å². The molecular weight excluding hydrogens is 358 g/mol. The third-order valence-electron chi connectivity index (χ3n) is 4.92. The molecule has 0 spiro atoms. The molecule has 7 heteroatoms. The van der Waals surface area contributed by atoms with Gasteiger partial charge in [0.05, 0.1) is 11.5 Å². The van der Waals surface area contributed by atoms with Gasteiger partial charge in [0.1, 0.15) is 18.0 Å². The van der Waals surface area contributed by atoms with E-state index in [4.69, 9.17) is 4.74 Å². The van der Waals surface area contributed by atoms with Crippen molar-refractivity contribution in [3.05, 3.63) is 63.2 Å². The number of carbonyl (C=O) groups excluding carboxylic acids is 1. The molecule has 2 aromatic carbocycles. The molecule has 0 radical (unpaired) electrons. The average Bonchev–Trinajstić information content (AvgIpc) is 3.21. The number of nitrogens with one attached hydrogen (secondary N) is 1. The van der Waals surface area contributed by atoms with Gasteiger partial charge < -0.3 is 15.0 Å². The normalized spacial score (nSPS) is 13.4. The zero-order chi connectivity index (χ0) is 20.1. The van der Waals surface area contributed by atoms with Crippen LogP contribution in [0.15, 0.2) is 36.4 Å². The number of nitro groups is 1. The summed E-state index contributed by atoms with van der Waals surface area (Å²) in [5, 5.41) is 14.2. The molecule has 0 saturated carbocycles. The number of hydrogen-bond acceptors (Lipinski definition) is 5. The van der Waals surface area contributed by atoms with Crippen molar-refractivity contribution in [1.82, 2.24) is 5.32 Å². The maximum atomic E-state index is 12.4. The first-order chi connectivity index (χ1) is 13.5. The number of rotatable bonds is 7. The number of aryl methyl sites for hydroxylation is 2. The van der Waals surface area contributed by atoms with Crippen molar-refractivity contribution in [1.29, 1.82) is 0 Å². The highest BCUT2D eigenvalue weighted by atomic mass is 16.6. The quantitative estimate of drug-likeness (QED) is 0.448. The van der Waals surface area contributed by atoms with Gasteiger partial charge in [0.2, 0.25) is 0 Å². The van der Waals surface area contributed by atoms with E-state index < -0.39 is 4.92 Å². The van der Waals surface area contributed by atoms with Crippen LogP contribution in [0.4, 0.5) is 11.4 Å². The minimum absolute atomic E-state index is 0.0265. The van der Waals surface area contributed by atoms with E-state index in [0.29, 0.717) is 18.8 Å². The van der Waals surface area contributed by atoms with Gasteiger partial charge in [-0.1, -0.05) is 18.2 Å². The number of benzene rings is 2. The summed E-state index contributed by atoms with van der Waals surface area (Å²) < 4.78 is 5.77. The van der Waals surface area contributed by atoms with Crippen LogP contribution in [0.3, 0.4) is 0 Å². The second kappa shape index (κ2) is 8.73. The van der Waals surface area contributed by atoms with E-state index in [9.17, 15) is 14.9 Å². The molecule has 0 atom stereocenters. The Morgan fingerprint density at radius 1 is 1.18 bits per heavy atom. The number of para-hydroxylation sites is 1. The Balaban J connectivity index is 1.61. The maximum Gasteiger partial charge on any atom is 0.293 e. The van der Waals surface area contributed by atoms with Crippen molar-refractivity contribution in [3.63, 3.8) is 0 Å². The smallest absolute Gasteiger partial charge is 0.293 e. The molecule has 3 rings (SSSR count). The summed E-state index contributed by atoms with van der Waals surface area (Å²) in [6, 6.07) is 10.6. The second-order valence-corrected chi connectivity index (χ2v) is 6.98. The Bertz CT molecular complexity index is 856. The first-order valence-corrected chi connectivity index (χ1v) is 9.48. The molecule has 1 fully saturated rings. The van der Waals surface area contributed by atoms with Crippen molar-refractivity contribution < 1.29 is 14.5 Å². The van der Waals surface area contributed by atoms with Gasteiger partial charge >= 0.3 is 0 Å². The van der Waals surface area contributed by atoms with Gasteiger partial charge in [0, 0.05) is 24.7 Å². The molecule has 0 bridgehead atoms. The summed E-state index contributed by atoms with van der Waals surface area (Å²) in [5.74, 6) is 0.475. The molecule has 0 aliphatic carbocycles. The van der Waals surface area contributed by atoms with Crippen LogP contribution in [0, 0.1) is 24.0 Å². The largest absolute Gasteiger partial charge is 0.491 e. The Labute approximate surface area is 164 Å². The van der Waals surface area contributed by atoms with Crippen LogP contribution in [0.25, 0.3) is 0 Å². The van der Waals surface area contributed by atoms with E-state index in [2.05, 4.69) is 5.32 Å². The highest BCUT2D eigenvalue weighted by Gasteiger charge is 2.23. The van der Waals surface area contributed by atoms with Crippen molar-refractivity contribution in [3.8, 4) is 5.75 Å². The predicted octanol–water partition coefficient (Wildman–Crippen LogP) is 3.62. The van der Waals surface area contributed by atoms with Gasteiger partial charge in [-0.15, -0.1) is 0 Å². The van der Waals surface area contributed by atoms with E-state index in [1.807, 2.05) is 36.9 Å². The Morgan fingerprint density at radius 3 is 2.50 bits per heavy atom. The Morgan fingerprint density at radius 2 is 1.86 bits per heavy atom. The summed E-state index contributed by atoms with van der Waals surface area (Å²) in [7, 11) is 0. The van der Waals surface area contributed by atoms with Crippen LogP contribution in [0.5, 0.6) is 5.75 Å². The molecule has 1 aliphatic rings. The highest BCUT2D eigenvalue weighted by molar-refractivity contribution is 5.95. The molecule has 1 amide bonds. The number of anilines is 1. The first kappa shape index (κ1) is 19.7. The fourth-order valence-electron chi connectivity index (χ4n) is 3.48. The zero-order valence-electron chi connectivity index (χ0n) is 16.2. The van der Waals surface area contributed by atoms with Gasteiger partial charge in [-0.05, 0) is 49.9 Å². The Hall–Kier alpha value is -3.09. The van der Waals surface area contributed by atoms with E-state index in [-0.39, 0.29) is 17.2 Å². The molecule has 7 nitrogen and oxygen atoms in total. The molecule has 0 unspecified atom stereocenters. The summed E-state index contributed by atoms with van der Waals surface area (Å²) >= 11 is 0. The number of nitrogens with zero attached hydrogens (tertiary/aromatic N) is 2. The average molecular weight is 383 g/mol. The van der Waals surface area contributed by atoms with Crippen LogP contribution < -0.4 is 15.0 Å². The number of hydrogen-bond donors (Lipinski definition) is 1. The van der Waals surface area contributed by atoms with Gasteiger partial charge in [0.25, 0.3) is 11.6 Å². The van der Waals surface area contributed by atoms with E-state index in [1.165, 1.54) is 6.07 Å². The van der Waals surface area contributed by atoms with E-state index in [1.54, 1.807) is 12.1 Å². The van der Waals surface area contributed by atoms with Crippen molar-refractivity contribution >= 4 is 17.3 Å². The van der Waals surface area contributed by atoms with Crippen molar-refractivity contribution in [2.24, 2.45) is 0 Å². The van der Waals surface area contributed by atoms with Crippen LogP contribution in [-0.4, -0.2) is 37.1 Å². The standard InChI is InChI=1S/C21H25N3O4/c1-15-6-5-7-16(2)20(15)28-13-10-22-21(25)17-8-9-18(19(14-17)24(26)27)23-11-3-4-12-23/h5-9,14H,3-4,10-13H2,1-2H3,(H,22,25). The number of carbonyl (C=O) groups is 1.